The summed E-state index contributed by atoms with van der Waals surface area (Å²) >= 11 is 0. The summed E-state index contributed by atoms with van der Waals surface area (Å²) in [5, 5.41) is 3.78. The number of aromatic nitrogens is 1. The van der Waals surface area contributed by atoms with Gasteiger partial charge in [-0.2, -0.15) is 0 Å². The van der Waals surface area contributed by atoms with Crippen LogP contribution in [0, 0.1) is 5.41 Å². The third-order valence-electron chi connectivity index (χ3n) is 4.77. The zero-order valence-electron chi connectivity index (χ0n) is 11.4. The summed E-state index contributed by atoms with van der Waals surface area (Å²) < 4.78 is 4.79. The zero-order valence-corrected chi connectivity index (χ0v) is 11.4. The van der Waals surface area contributed by atoms with Gasteiger partial charge >= 0.3 is 0 Å². The molecule has 1 aliphatic heterocycles. The number of carbonyl (C=O) groups is 1. The maximum Gasteiger partial charge on any atom is 0.276 e. The van der Waals surface area contributed by atoms with Gasteiger partial charge < -0.3 is 9.42 Å². The van der Waals surface area contributed by atoms with Gasteiger partial charge in [-0.15, -0.1) is 0 Å². The first-order valence-corrected chi connectivity index (χ1v) is 7.49. The average molecular weight is 262 g/mol. The number of hydrogen-bond acceptors (Lipinski definition) is 3. The first-order chi connectivity index (χ1) is 9.29. The molecule has 2 aliphatic rings. The number of amides is 1. The van der Waals surface area contributed by atoms with Crippen LogP contribution in [0.5, 0.6) is 0 Å². The van der Waals surface area contributed by atoms with E-state index in [1.54, 1.807) is 6.07 Å². The fraction of sp³-hybridized carbons (Fsp3) is 0.733. The van der Waals surface area contributed by atoms with Crippen molar-refractivity contribution in [1.29, 1.82) is 0 Å². The normalized spacial score (nSPS) is 23.3. The maximum atomic E-state index is 12.4. The van der Waals surface area contributed by atoms with Crippen LogP contribution in [0.1, 0.15) is 61.9 Å². The summed E-state index contributed by atoms with van der Waals surface area (Å²) in [6.07, 6.45) is 11.8. The summed E-state index contributed by atoms with van der Waals surface area (Å²) in [6, 6.07) is 1.66. The van der Waals surface area contributed by atoms with Crippen LogP contribution in [0.2, 0.25) is 0 Å². The first-order valence-electron chi connectivity index (χ1n) is 7.49. The Labute approximate surface area is 114 Å². The lowest BCUT2D eigenvalue weighted by Crippen LogP contribution is -2.46. The molecule has 1 aromatic heterocycles. The lowest BCUT2D eigenvalue weighted by Gasteiger charge is -2.42. The molecular formula is C15H22N2O2. The van der Waals surface area contributed by atoms with E-state index < -0.39 is 0 Å². The fourth-order valence-corrected chi connectivity index (χ4v) is 3.75. The number of rotatable bonds is 1. The molecule has 2 heterocycles. The van der Waals surface area contributed by atoms with Gasteiger partial charge in [0, 0.05) is 19.2 Å². The van der Waals surface area contributed by atoms with Crippen LogP contribution in [0.3, 0.4) is 0 Å². The number of piperidine rings is 1. The summed E-state index contributed by atoms with van der Waals surface area (Å²) in [5.74, 6) is 0.0390. The lowest BCUT2D eigenvalue weighted by atomic mass is 9.74. The third-order valence-corrected chi connectivity index (χ3v) is 4.77. The van der Waals surface area contributed by atoms with Gasteiger partial charge in [-0.25, -0.2) is 0 Å². The molecule has 0 atom stereocenters. The van der Waals surface area contributed by atoms with Crippen molar-refractivity contribution in [2.24, 2.45) is 5.41 Å². The van der Waals surface area contributed by atoms with E-state index in [1.165, 1.54) is 51.2 Å². The molecule has 104 valence electrons. The standard InChI is InChI=1S/C15H22N2O2/c18-14(13-6-11-19-16-13)17-10-5-9-15(12-17)7-3-1-2-4-8-15/h6,11H,1-5,7-10,12H2. The molecule has 0 aromatic carbocycles. The van der Waals surface area contributed by atoms with Gasteiger partial charge in [0.2, 0.25) is 0 Å². The van der Waals surface area contributed by atoms with Gasteiger partial charge in [0.15, 0.2) is 5.69 Å². The molecule has 4 heteroatoms. The van der Waals surface area contributed by atoms with Crippen LogP contribution in [0.15, 0.2) is 16.9 Å². The minimum Gasteiger partial charge on any atom is -0.364 e. The Bertz CT molecular complexity index is 419. The predicted molar refractivity (Wildman–Crippen MR) is 71.8 cm³/mol. The van der Waals surface area contributed by atoms with E-state index in [0.717, 1.165) is 19.5 Å². The molecule has 1 saturated carbocycles. The molecule has 0 unspecified atom stereocenters. The van der Waals surface area contributed by atoms with Crippen molar-refractivity contribution in [3.05, 3.63) is 18.0 Å². The SMILES string of the molecule is O=C(c1ccon1)N1CCCC2(CCCCCC2)C1. The number of carbonyl (C=O) groups excluding carboxylic acids is 1. The molecule has 19 heavy (non-hydrogen) atoms. The Balaban J connectivity index is 1.72. The van der Waals surface area contributed by atoms with Gasteiger partial charge in [-0.05, 0) is 31.1 Å². The molecular weight excluding hydrogens is 240 g/mol. The van der Waals surface area contributed by atoms with E-state index in [1.807, 2.05) is 4.90 Å². The Kier molecular flexibility index (Phi) is 3.58. The monoisotopic (exact) mass is 262 g/mol. The summed E-state index contributed by atoms with van der Waals surface area (Å²) in [4.78, 5) is 14.4. The number of likely N-dealkylation sites (tertiary alicyclic amines) is 1. The quantitative estimate of drug-likeness (QED) is 0.780. The summed E-state index contributed by atoms with van der Waals surface area (Å²) in [7, 11) is 0. The Hall–Kier alpha value is -1.32. The molecule has 1 aliphatic carbocycles. The minimum absolute atomic E-state index is 0.0390. The second-order valence-electron chi connectivity index (χ2n) is 6.13. The molecule has 1 saturated heterocycles. The Morgan fingerprint density at radius 3 is 2.58 bits per heavy atom. The molecule has 1 spiro atoms. The van der Waals surface area contributed by atoms with Crippen LogP contribution < -0.4 is 0 Å². The van der Waals surface area contributed by atoms with Crippen molar-refractivity contribution in [1.82, 2.24) is 10.1 Å². The second-order valence-corrected chi connectivity index (χ2v) is 6.13. The van der Waals surface area contributed by atoms with Crippen LogP contribution in [0.4, 0.5) is 0 Å². The molecule has 0 N–H and O–H groups in total. The highest BCUT2D eigenvalue weighted by Crippen LogP contribution is 2.42. The largest absolute Gasteiger partial charge is 0.364 e. The highest BCUT2D eigenvalue weighted by Gasteiger charge is 2.37. The summed E-state index contributed by atoms with van der Waals surface area (Å²) in [6.45, 7) is 1.78. The van der Waals surface area contributed by atoms with Crippen molar-refractivity contribution in [3.63, 3.8) is 0 Å². The topological polar surface area (TPSA) is 46.3 Å². The molecule has 0 radical (unpaired) electrons. The smallest absolute Gasteiger partial charge is 0.276 e. The fourth-order valence-electron chi connectivity index (χ4n) is 3.75. The van der Waals surface area contributed by atoms with Crippen molar-refractivity contribution in [3.8, 4) is 0 Å². The van der Waals surface area contributed by atoms with Crippen molar-refractivity contribution >= 4 is 5.91 Å². The molecule has 4 nitrogen and oxygen atoms in total. The van der Waals surface area contributed by atoms with E-state index in [4.69, 9.17) is 4.52 Å². The number of nitrogens with zero attached hydrogens (tertiary/aromatic N) is 2. The average Bonchev–Trinajstić information content (AvgIpc) is 2.88. The Morgan fingerprint density at radius 2 is 1.89 bits per heavy atom. The molecule has 1 amide bonds. The van der Waals surface area contributed by atoms with E-state index in [9.17, 15) is 4.79 Å². The van der Waals surface area contributed by atoms with Gasteiger partial charge in [-0.1, -0.05) is 30.8 Å². The van der Waals surface area contributed by atoms with Crippen molar-refractivity contribution < 1.29 is 9.32 Å². The van der Waals surface area contributed by atoms with Crippen molar-refractivity contribution in [2.45, 2.75) is 51.4 Å². The molecule has 0 bridgehead atoms. The summed E-state index contributed by atoms with van der Waals surface area (Å²) in [5.41, 5.74) is 0.833. The third kappa shape index (κ3) is 2.67. The van der Waals surface area contributed by atoms with Gasteiger partial charge in [0.25, 0.3) is 5.91 Å². The number of hydrogen-bond donors (Lipinski definition) is 0. The van der Waals surface area contributed by atoms with Gasteiger partial charge in [0.05, 0.1) is 0 Å². The molecule has 2 fully saturated rings. The van der Waals surface area contributed by atoms with Crippen LogP contribution in [0.25, 0.3) is 0 Å². The van der Waals surface area contributed by atoms with Gasteiger partial charge in [-0.3, -0.25) is 4.79 Å². The van der Waals surface area contributed by atoms with E-state index in [0.29, 0.717) is 11.1 Å². The van der Waals surface area contributed by atoms with E-state index >= 15 is 0 Å². The minimum atomic E-state index is 0.0390. The van der Waals surface area contributed by atoms with Crippen LogP contribution in [-0.4, -0.2) is 29.1 Å². The zero-order chi connectivity index (χ0) is 13.1. The second kappa shape index (κ2) is 5.35. The Morgan fingerprint density at radius 1 is 1.16 bits per heavy atom. The predicted octanol–water partition coefficient (Wildman–Crippen LogP) is 3.25. The van der Waals surface area contributed by atoms with Crippen LogP contribution >= 0.6 is 0 Å². The molecule has 1 aromatic rings. The van der Waals surface area contributed by atoms with Crippen molar-refractivity contribution in [2.75, 3.05) is 13.1 Å². The van der Waals surface area contributed by atoms with E-state index in [2.05, 4.69) is 5.16 Å². The highest BCUT2D eigenvalue weighted by atomic mass is 16.5. The highest BCUT2D eigenvalue weighted by molar-refractivity contribution is 5.92. The lowest BCUT2D eigenvalue weighted by molar-refractivity contribution is 0.0456. The van der Waals surface area contributed by atoms with E-state index in [-0.39, 0.29) is 5.91 Å². The van der Waals surface area contributed by atoms with Gasteiger partial charge in [0.1, 0.15) is 6.26 Å². The maximum absolute atomic E-state index is 12.4. The van der Waals surface area contributed by atoms with Crippen LogP contribution in [-0.2, 0) is 0 Å². The first kappa shape index (κ1) is 12.7. The molecule has 3 rings (SSSR count).